The number of ether oxygens (including phenoxy) is 1. The molecular formula is C26H17Cl2F3N8O3. The lowest BCUT2D eigenvalue weighted by molar-refractivity contribution is -0.274. The number of nitrogens with zero attached hydrogens (tertiary/aromatic N) is 5. The largest absolute Gasteiger partial charge is 0.573 e. The van der Waals surface area contributed by atoms with Gasteiger partial charge in [-0.05, 0) is 53.2 Å². The Hall–Kier alpha value is -4.95. The lowest BCUT2D eigenvalue weighted by atomic mass is 10.1. The normalized spacial score (nSPS) is 11.3. The van der Waals surface area contributed by atoms with Crippen molar-refractivity contribution < 1.29 is 27.5 Å². The van der Waals surface area contributed by atoms with Crippen LogP contribution in [0.4, 0.5) is 24.8 Å². The number of halogens is 5. The van der Waals surface area contributed by atoms with Gasteiger partial charge in [-0.25, -0.2) is 0 Å². The molecule has 16 heteroatoms. The van der Waals surface area contributed by atoms with Gasteiger partial charge < -0.3 is 10.1 Å². The van der Waals surface area contributed by atoms with Crippen molar-refractivity contribution in [1.82, 2.24) is 30.4 Å². The Bertz CT molecular complexity index is 1740. The first-order valence-electron chi connectivity index (χ1n) is 11.9. The quantitative estimate of drug-likeness (QED) is 0.199. The van der Waals surface area contributed by atoms with Crippen molar-refractivity contribution in [2.24, 2.45) is 0 Å². The van der Waals surface area contributed by atoms with Crippen LogP contribution in [0.25, 0.3) is 11.3 Å². The zero-order valence-corrected chi connectivity index (χ0v) is 22.5. The van der Waals surface area contributed by atoms with Crippen LogP contribution in [0.3, 0.4) is 0 Å². The summed E-state index contributed by atoms with van der Waals surface area (Å²) in [5.41, 5.74) is 2.14. The summed E-state index contributed by atoms with van der Waals surface area (Å²) in [5, 5.41) is 23.2. The second-order valence-corrected chi connectivity index (χ2v) is 9.43. The number of carbonyl (C=O) groups excluding carboxylic acids is 2. The number of amides is 2. The number of rotatable bonds is 8. The van der Waals surface area contributed by atoms with Crippen molar-refractivity contribution in [1.29, 1.82) is 0 Å². The molecule has 0 saturated carbocycles. The van der Waals surface area contributed by atoms with E-state index in [1.807, 2.05) is 0 Å². The van der Waals surface area contributed by atoms with Crippen LogP contribution < -0.4 is 15.4 Å². The Morgan fingerprint density at radius 1 is 0.929 bits per heavy atom. The Morgan fingerprint density at radius 2 is 1.71 bits per heavy atom. The van der Waals surface area contributed by atoms with E-state index in [2.05, 4.69) is 41.1 Å². The summed E-state index contributed by atoms with van der Waals surface area (Å²) in [6, 6.07) is 17.7. The van der Waals surface area contributed by atoms with E-state index in [0.29, 0.717) is 27.4 Å². The van der Waals surface area contributed by atoms with Gasteiger partial charge in [-0.2, -0.15) is 10.3 Å². The molecule has 0 aliphatic carbocycles. The summed E-state index contributed by atoms with van der Waals surface area (Å²) in [4.78, 5) is 25.7. The van der Waals surface area contributed by atoms with Gasteiger partial charge in [-0.3, -0.25) is 19.6 Å². The van der Waals surface area contributed by atoms with Gasteiger partial charge >= 0.3 is 6.36 Å². The fourth-order valence-electron chi connectivity index (χ4n) is 3.81. The summed E-state index contributed by atoms with van der Waals surface area (Å²) in [6.45, 7) is 0.105. The van der Waals surface area contributed by atoms with Crippen molar-refractivity contribution in [3.63, 3.8) is 0 Å². The number of aromatic nitrogens is 6. The molecule has 0 spiro atoms. The average molecular weight is 617 g/mol. The molecule has 214 valence electrons. The first-order chi connectivity index (χ1) is 20.0. The highest BCUT2D eigenvalue weighted by Crippen LogP contribution is 2.29. The second kappa shape index (κ2) is 11.9. The SMILES string of the molecule is O=C(Nc1nn[nH]n1)c1ccc(Cn2nc(-c3ccc(Cl)c(Cl)c3)cc2C(=O)Nc2cccc(OC(F)(F)F)c2)cc1. The molecule has 5 rings (SSSR count). The number of carbonyl (C=O) groups is 2. The first kappa shape index (κ1) is 28.6. The third-order valence-corrected chi connectivity index (χ3v) is 6.41. The molecule has 0 unspecified atom stereocenters. The summed E-state index contributed by atoms with van der Waals surface area (Å²) < 4.78 is 43.3. The second-order valence-electron chi connectivity index (χ2n) is 8.62. The van der Waals surface area contributed by atoms with Crippen LogP contribution in [0.5, 0.6) is 5.75 Å². The number of anilines is 2. The minimum atomic E-state index is -4.89. The molecule has 2 amide bonds. The van der Waals surface area contributed by atoms with Crippen LogP contribution >= 0.6 is 23.2 Å². The summed E-state index contributed by atoms with van der Waals surface area (Å²) >= 11 is 12.2. The number of hydrogen-bond donors (Lipinski definition) is 3. The molecule has 0 aliphatic rings. The molecule has 0 aliphatic heterocycles. The smallest absolute Gasteiger partial charge is 0.406 e. The van der Waals surface area contributed by atoms with Crippen LogP contribution in [-0.2, 0) is 6.54 Å². The Morgan fingerprint density at radius 3 is 2.40 bits per heavy atom. The van der Waals surface area contributed by atoms with Crippen LogP contribution in [0.15, 0.2) is 72.8 Å². The number of tetrazole rings is 1. The number of benzene rings is 3. The molecule has 3 N–H and O–H groups in total. The van der Waals surface area contributed by atoms with E-state index in [1.165, 1.54) is 22.9 Å². The van der Waals surface area contributed by atoms with E-state index in [4.69, 9.17) is 23.2 Å². The van der Waals surface area contributed by atoms with E-state index in [9.17, 15) is 22.8 Å². The third-order valence-electron chi connectivity index (χ3n) is 5.67. The highest BCUT2D eigenvalue weighted by molar-refractivity contribution is 6.42. The molecule has 2 aromatic heterocycles. The number of alkyl halides is 3. The number of nitrogens with one attached hydrogen (secondary N) is 3. The number of hydrogen-bond acceptors (Lipinski definition) is 7. The van der Waals surface area contributed by atoms with Gasteiger partial charge in [-0.1, -0.05) is 52.6 Å². The molecule has 0 atom stereocenters. The van der Waals surface area contributed by atoms with E-state index in [0.717, 1.165) is 12.1 Å². The van der Waals surface area contributed by atoms with Gasteiger partial charge in [0.1, 0.15) is 11.4 Å². The van der Waals surface area contributed by atoms with Crippen molar-refractivity contribution in [3.05, 3.63) is 99.7 Å². The van der Waals surface area contributed by atoms with E-state index >= 15 is 0 Å². The molecule has 42 heavy (non-hydrogen) atoms. The van der Waals surface area contributed by atoms with E-state index < -0.39 is 23.9 Å². The zero-order valence-electron chi connectivity index (χ0n) is 21.0. The van der Waals surface area contributed by atoms with Crippen molar-refractivity contribution >= 4 is 46.7 Å². The number of H-pyrrole nitrogens is 1. The predicted molar refractivity (Wildman–Crippen MR) is 146 cm³/mol. The molecule has 0 saturated heterocycles. The lowest BCUT2D eigenvalue weighted by Gasteiger charge is -2.11. The monoisotopic (exact) mass is 616 g/mol. The predicted octanol–water partition coefficient (Wildman–Crippen LogP) is 5.82. The highest BCUT2D eigenvalue weighted by Gasteiger charge is 2.31. The Labute approximate surface area is 244 Å². The van der Waals surface area contributed by atoms with E-state index in [-0.39, 0.29) is 28.9 Å². The highest BCUT2D eigenvalue weighted by atomic mass is 35.5. The van der Waals surface area contributed by atoms with Crippen molar-refractivity contribution in [3.8, 4) is 17.0 Å². The first-order valence-corrected chi connectivity index (χ1v) is 12.6. The van der Waals surface area contributed by atoms with Crippen LogP contribution in [0, 0.1) is 0 Å². The zero-order chi connectivity index (χ0) is 29.9. The average Bonchev–Trinajstić information content (AvgIpc) is 3.60. The summed E-state index contributed by atoms with van der Waals surface area (Å²) in [6.07, 6.45) is -4.89. The standard InChI is InChI=1S/C26H17Cl2F3N8O3/c27-19-9-8-16(10-20(19)28)21-12-22(24(41)32-17-2-1-3-18(11-17)42-26(29,30)31)39(36-21)13-14-4-6-15(7-5-14)23(40)33-25-34-37-38-35-25/h1-12H,13H2,(H,32,41)(H2,33,34,35,37,38,40). The molecule has 0 bridgehead atoms. The maximum absolute atomic E-state index is 13.3. The third kappa shape index (κ3) is 7.03. The molecule has 2 heterocycles. The van der Waals surface area contributed by atoms with E-state index in [1.54, 1.807) is 42.5 Å². The maximum Gasteiger partial charge on any atom is 0.573 e. The minimum absolute atomic E-state index is 0.0154. The van der Waals surface area contributed by atoms with Gasteiger partial charge in [0.2, 0.25) is 0 Å². The van der Waals surface area contributed by atoms with Gasteiger partial charge in [0, 0.05) is 22.9 Å². The topological polar surface area (TPSA) is 140 Å². The summed E-state index contributed by atoms with van der Waals surface area (Å²) in [5.74, 6) is -1.58. The van der Waals surface area contributed by atoms with Gasteiger partial charge in [0.05, 0.1) is 22.3 Å². The molecule has 5 aromatic rings. The lowest BCUT2D eigenvalue weighted by Crippen LogP contribution is -2.19. The molecule has 11 nitrogen and oxygen atoms in total. The Kier molecular flexibility index (Phi) is 8.08. The number of aromatic amines is 1. The maximum atomic E-state index is 13.3. The molecule has 0 radical (unpaired) electrons. The summed E-state index contributed by atoms with van der Waals surface area (Å²) in [7, 11) is 0. The molecule has 0 fully saturated rings. The van der Waals surface area contributed by atoms with Crippen molar-refractivity contribution in [2.45, 2.75) is 12.9 Å². The van der Waals surface area contributed by atoms with Crippen LogP contribution in [-0.4, -0.2) is 48.6 Å². The van der Waals surface area contributed by atoms with Crippen LogP contribution in [0.1, 0.15) is 26.4 Å². The fourth-order valence-corrected chi connectivity index (χ4v) is 4.10. The van der Waals surface area contributed by atoms with Gasteiger partial charge in [0.15, 0.2) is 0 Å². The molecular weight excluding hydrogens is 600 g/mol. The Balaban J connectivity index is 1.41. The fraction of sp³-hybridized carbons (Fsp3) is 0.0769. The van der Waals surface area contributed by atoms with Crippen LogP contribution in [0.2, 0.25) is 10.0 Å². The van der Waals surface area contributed by atoms with Gasteiger partial charge in [0.25, 0.3) is 17.8 Å². The minimum Gasteiger partial charge on any atom is -0.406 e. The molecule has 3 aromatic carbocycles. The van der Waals surface area contributed by atoms with Gasteiger partial charge in [-0.15, -0.1) is 18.3 Å². The van der Waals surface area contributed by atoms with Crippen molar-refractivity contribution in [2.75, 3.05) is 10.6 Å².